The SMILES string of the molecule is O=S(=O)(NC1COC2C(O)COC12)c1cccc2cccnc12. The van der Waals surface area contributed by atoms with Crippen molar-refractivity contribution in [1.82, 2.24) is 9.71 Å². The Morgan fingerprint density at radius 3 is 2.78 bits per heavy atom. The molecule has 8 heteroatoms. The van der Waals surface area contributed by atoms with Crippen LogP contribution < -0.4 is 4.72 Å². The number of benzene rings is 1. The number of fused-ring (bicyclic) bond motifs is 2. The van der Waals surface area contributed by atoms with Gasteiger partial charge < -0.3 is 14.6 Å². The number of pyridine rings is 1. The maximum absolute atomic E-state index is 12.7. The lowest BCUT2D eigenvalue weighted by Gasteiger charge is -2.18. The number of nitrogens with zero attached hydrogens (tertiary/aromatic N) is 1. The highest BCUT2D eigenvalue weighted by molar-refractivity contribution is 7.89. The van der Waals surface area contributed by atoms with Gasteiger partial charge in [0.05, 0.1) is 24.8 Å². The van der Waals surface area contributed by atoms with Crippen LogP contribution in [0.2, 0.25) is 0 Å². The van der Waals surface area contributed by atoms with Gasteiger partial charge in [-0.25, -0.2) is 13.1 Å². The summed E-state index contributed by atoms with van der Waals surface area (Å²) in [6, 6.07) is 8.06. The highest BCUT2D eigenvalue weighted by Gasteiger charge is 2.48. The lowest BCUT2D eigenvalue weighted by atomic mass is 10.1. The van der Waals surface area contributed by atoms with Gasteiger partial charge in [0, 0.05) is 11.6 Å². The van der Waals surface area contributed by atoms with Gasteiger partial charge in [-0.3, -0.25) is 4.98 Å². The second-order valence-corrected chi connectivity index (χ2v) is 7.40. The molecule has 2 aliphatic heterocycles. The van der Waals surface area contributed by atoms with E-state index in [2.05, 4.69) is 9.71 Å². The van der Waals surface area contributed by atoms with Crippen molar-refractivity contribution >= 4 is 20.9 Å². The molecule has 0 amide bonds. The Morgan fingerprint density at radius 2 is 1.91 bits per heavy atom. The number of nitrogens with one attached hydrogen (secondary N) is 1. The Labute approximate surface area is 133 Å². The average molecular weight is 336 g/mol. The van der Waals surface area contributed by atoms with Crippen LogP contribution in [0.15, 0.2) is 41.4 Å². The summed E-state index contributed by atoms with van der Waals surface area (Å²) in [6.45, 7) is 0.327. The Balaban J connectivity index is 1.66. The van der Waals surface area contributed by atoms with Crippen LogP contribution >= 0.6 is 0 Å². The molecule has 4 rings (SSSR count). The van der Waals surface area contributed by atoms with E-state index in [-0.39, 0.29) is 18.1 Å². The first-order valence-electron chi connectivity index (χ1n) is 7.33. The quantitative estimate of drug-likeness (QED) is 0.821. The highest BCUT2D eigenvalue weighted by Crippen LogP contribution is 2.28. The molecule has 0 spiro atoms. The maximum atomic E-state index is 12.7. The summed E-state index contributed by atoms with van der Waals surface area (Å²) in [5.41, 5.74) is 0.422. The van der Waals surface area contributed by atoms with Crippen molar-refractivity contribution in [2.45, 2.75) is 29.2 Å². The summed E-state index contributed by atoms with van der Waals surface area (Å²) in [4.78, 5) is 4.30. The second-order valence-electron chi connectivity index (χ2n) is 5.72. The van der Waals surface area contributed by atoms with Gasteiger partial charge in [-0.05, 0) is 12.1 Å². The molecule has 1 aromatic carbocycles. The number of ether oxygens (including phenoxy) is 2. The Bertz CT molecular complexity index is 835. The van der Waals surface area contributed by atoms with Crippen LogP contribution in [0.4, 0.5) is 0 Å². The van der Waals surface area contributed by atoms with Crippen LogP contribution in [0.1, 0.15) is 0 Å². The number of aromatic nitrogens is 1. The minimum absolute atomic E-state index is 0.123. The van der Waals surface area contributed by atoms with Crippen molar-refractivity contribution < 1.29 is 23.0 Å². The molecule has 2 N–H and O–H groups in total. The fraction of sp³-hybridized carbons (Fsp3) is 0.400. The Hall–Kier alpha value is -1.58. The van der Waals surface area contributed by atoms with E-state index < -0.39 is 34.4 Å². The number of sulfonamides is 1. The van der Waals surface area contributed by atoms with Gasteiger partial charge >= 0.3 is 0 Å². The third-order valence-corrected chi connectivity index (χ3v) is 5.74. The lowest BCUT2D eigenvalue weighted by Crippen LogP contribution is -2.44. The Kier molecular flexibility index (Phi) is 3.58. The molecule has 2 saturated heterocycles. The van der Waals surface area contributed by atoms with Crippen LogP contribution in [-0.4, -0.2) is 56.1 Å². The third-order valence-electron chi connectivity index (χ3n) is 4.22. The van der Waals surface area contributed by atoms with Gasteiger partial charge in [0.15, 0.2) is 0 Å². The van der Waals surface area contributed by atoms with Gasteiger partial charge in [0.1, 0.15) is 23.2 Å². The zero-order chi connectivity index (χ0) is 16.0. The topological polar surface area (TPSA) is 97.8 Å². The number of rotatable bonds is 3. The normalized spacial score (nSPS) is 30.7. The molecule has 4 unspecified atom stereocenters. The zero-order valence-corrected chi connectivity index (χ0v) is 12.9. The van der Waals surface area contributed by atoms with Crippen molar-refractivity contribution in [2.24, 2.45) is 0 Å². The first-order chi connectivity index (χ1) is 11.1. The first kappa shape index (κ1) is 15.0. The van der Waals surface area contributed by atoms with Crippen molar-refractivity contribution in [2.75, 3.05) is 13.2 Å². The van der Waals surface area contributed by atoms with Crippen molar-refractivity contribution in [3.63, 3.8) is 0 Å². The molecular weight excluding hydrogens is 320 g/mol. The highest BCUT2D eigenvalue weighted by atomic mass is 32.2. The number of aliphatic hydroxyl groups excluding tert-OH is 1. The van der Waals surface area contributed by atoms with E-state index in [1.54, 1.807) is 18.3 Å². The molecule has 4 atom stereocenters. The zero-order valence-electron chi connectivity index (χ0n) is 12.1. The van der Waals surface area contributed by atoms with E-state index in [4.69, 9.17) is 9.47 Å². The van der Waals surface area contributed by atoms with E-state index in [0.717, 1.165) is 5.39 Å². The molecule has 2 aliphatic rings. The first-order valence-corrected chi connectivity index (χ1v) is 8.82. The van der Waals surface area contributed by atoms with Crippen LogP contribution in [0.25, 0.3) is 10.9 Å². The summed E-state index contributed by atoms with van der Waals surface area (Å²) < 4.78 is 39.0. The van der Waals surface area contributed by atoms with E-state index in [0.29, 0.717) is 5.52 Å². The summed E-state index contributed by atoms with van der Waals surface area (Å²) >= 11 is 0. The maximum Gasteiger partial charge on any atom is 0.243 e. The smallest absolute Gasteiger partial charge is 0.243 e. The van der Waals surface area contributed by atoms with Crippen LogP contribution in [0.3, 0.4) is 0 Å². The van der Waals surface area contributed by atoms with E-state index >= 15 is 0 Å². The van der Waals surface area contributed by atoms with Crippen LogP contribution in [-0.2, 0) is 19.5 Å². The number of para-hydroxylation sites is 1. The largest absolute Gasteiger partial charge is 0.388 e. The summed E-state index contributed by atoms with van der Waals surface area (Å²) in [6.07, 6.45) is -0.100. The fourth-order valence-corrected chi connectivity index (χ4v) is 4.55. The van der Waals surface area contributed by atoms with Gasteiger partial charge in [0.2, 0.25) is 10.0 Å². The number of hydrogen-bond acceptors (Lipinski definition) is 6. The fourth-order valence-electron chi connectivity index (χ4n) is 3.14. The summed E-state index contributed by atoms with van der Waals surface area (Å²) in [7, 11) is -3.78. The van der Waals surface area contributed by atoms with Crippen LogP contribution in [0.5, 0.6) is 0 Å². The molecule has 3 heterocycles. The summed E-state index contributed by atoms with van der Waals surface area (Å²) in [5, 5.41) is 10.5. The molecule has 0 radical (unpaired) electrons. The monoisotopic (exact) mass is 336 g/mol. The molecule has 1 aromatic heterocycles. The van der Waals surface area contributed by atoms with Crippen molar-refractivity contribution in [3.05, 3.63) is 36.5 Å². The van der Waals surface area contributed by atoms with Crippen molar-refractivity contribution in [3.8, 4) is 0 Å². The predicted octanol–water partition coefficient (Wildman–Crippen LogP) is 0.0402. The molecule has 2 fully saturated rings. The second kappa shape index (κ2) is 5.50. The van der Waals surface area contributed by atoms with E-state index in [1.807, 2.05) is 12.1 Å². The molecule has 0 saturated carbocycles. The lowest BCUT2D eigenvalue weighted by molar-refractivity contribution is 0.0181. The third kappa shape index (κ3) is 2.52. The summed E-state index contributed by atoms with van der Waals surface area (Å²) in [5.74, 6) is 0. The molecular formula is C15H16N2O5S. The predicted molar refractivity (Wildman–Crippen MR) is 81.3 cm³/mol. The minimum Gasteiger partial charge on any atom is -0.388 e. The molecule has 0 aliphatic carbocycles. The van der Waals surface area contributed by atoms with Crippen LogP contribution in [0, 0.1) is 0 Å². The van der Waals surface area contributed by atoms with Gasteiger partial charge in [-0.15, -0.1) is 0 Å². The van der Waals surface area contributed by atoms with E-state index in [9.17, 15) is 13.5 Å². The molecule has 0 bridgehead atoms. The van der Waals surface area contributed by atoms with Gasteiger partial charge in [-0.1, -0.05) is 18.2 Å². The number of hydrogen-bond donors (Lipinski definition) is 2. The Morgan fingerprint density at radius 1 is 1.13 bits per heavy atom. The molecule has 122 valence electrons. The molecule has 7 nitrogen and oxygen atoms in total. The molecule has 2 aromatic rings. The van der Waals surface area contributed by atoms with E-state index in [1.165, 1.54) is 6.07 Å². The standard InChI is InChI=1S/C15H16N2O5S/c18-11-8-22-14-10(7-21-15(11)14)17-23(19,20)12-5-1-3-9-4-2-6-16-13(9)12/h1-6,10-11,14-15,17-18H,7-8H2. The van der Waals surface area contributed by atoms with Gasteiger partial charge in [0.25, 0.3) is 0 Å². The van der Waals surface area contributed by atoms with Gasteiger partial charge in [-0.2, -0.15) is 0 Å². The van der Waals surface area contributed by atoms with Crippen molar-refractivity contribution in [1.29, 1.82) is 0 Å². The molecule has 23 heavy (non-hydrogen) atoms. The minimum atomic E-state index is -3.78. The number of aliphatic hydroxyl groups is 1. The average Bonchev–Trinajstić information content (AvgIpc) is 3.10.